The van der Waals surface area contributed by atoms with E-state index in [9.17, 15) is 0 Å². The molecule has 0 unspecified atom stereocenters. The summed E-state index contributed by atoms with van der Waals surface area (Å²) < 4.78 is 0. The van der Waals surface area contributed by atoms with Crippen molar-refractivity contribution in [2.24, 2.45) is 0 Å². The van der Waals surface area contributed by atoms with Gasteiger partial charge in [-0.05, 0) is 25.3 Å². The van der Waals surface area contributed by atoms with E-state index in [4.69, 9.17) is 11.6 Å². The Morgan fingerprint density at radius 3 is 2.36 bits per heavy atom. The average molecular weight is 173 g/mol. The minimum Gasteiger partial charge on any atom is -0.133 e. The van der Waals surface area contributed by atoms with Crippen molar-refractivity contribution >= 4 is 11.6 Å². The third-order valence-electron chi connectivity index (χ3n) is 1.63. The Balaban J connectivity index is 2.84. The smallest absolute Gasteiger partial charge is 0.0223 e. The van der Waals surface area contributed by atoms with Crippen molar-refractivity contribution in [3.8, 4) is 0 Å². The molecule has 0 aromatic carbocycles. The predicted octanol–water partition coefficient (Wildman–Crippen LogP) is 3.91. The van der Waals surface area contributed by atoms with Crippen molar-refractivity contribution in [2.45, 2.75) is 38.5 Å². The number of allylic oxidation sites excluding steroid dienone is 1. The van der Waals surface area contributed by atoms with Crippen LogP contribution in [0.2, 0.25) is 0 Å². The Morgan fingerprint density at radius 1 is 1.09 bits per heavy atom. The summed E-state index contributed by atoms with van der Waals surface area (Å²) in [4.78, 5) is 0. The molecule has 0 fully saturated rings. The summed E-state index contributed by atoms with van der Waals surface area (Å²) in [5, 5.41) is 0. The maximum atomic E-state index is 5.54. The topological polar surface area (TPSA) is 0 Å². The number of alkyl halides is 1. The third kappa shape index (κ3) is 9.81. The summed E-state index contributed by atoms with van der Waals surface area (Å²) in [7, 11) is 0. The highest BCUT2D eigenvalue weighted by atomic mass is 35.5. The molecule has 0 radical (unpaired) electrons. The summed E-state index contributed by atoms with van der Waals surface area (Å²) in [5.74, 6) is 0.812. The molecule has 0 aliphatic heterocycles. The van der Waals surface area contributed by atoms with Crippen LogP contribution in [0.15, 0.2) is 18.4 Å². The van der Waals surface area contributed by atoms with Crippen LogP contribution in [0.4, 0.5) is 0 Å². The Bertz CT molecular complexity index is 112. The minimum atomic E-state index is 0.812. The number of hydrogen-bond donors (Lipinski definition) is 0. The molecule has 64 valence electrons. The number of hydrogen-bond acceptors (Lipinski definition) is 0. The molecule has 0 aromatic heterocycles. The lowest BCUT2D eigenvalue weighted by Crippen LogP contribution is -1.78. The van der Waals surface area contributed by atoms with Gasteiger partial charge in [-0.3, -0.25) is 0 Å². The van der Waals surface area contributed by atoms with Gasteiger partial charge in [0.2, 0.25) is 0 Å². The van der Waals surface area contributed by atoms with Gasteiger partial charge in [-0.1, -0.05) is 25.8 Å². The molecule has 0 saturated heterocycles. The minimum absolute atomic E-state index is 0.812. The first kappa shape index (κ1) is 10.8. The van der Waals surface area contributed by atoms with Crippen LogP contribution in [0.5, 0.6) is 0 Å². The molecule has 0 saturated carbocycles. The highest BCUT2D eigenvalue weighted by Crippen LogP contribution is 2.05. The van der Waals surface area contributed by atoms with Gasteiger partial charge in [0.1, 0.15) is 0 Å². The molecular formula is C10H17Cl. The van der Waals surface area contributed by atoms with Crippen molar-refractivity contribution in [3.63, 3.8) is 0 Å². The molecule has 0 amide bonds. The summed E-state index contributed by atoms with van der Waals surface area (Å²) in [6.45, 7) is 3.51. The van der Waals surface area contributed by atoms with E-state index >= 15 is 0 Å². The maximum Gasteiger partial charge on any atom is 0.0223 e. The Hall–Kier alpha value is -0.190. The summed E-state index contributed by atoms with van der Waals surface area (Å²) in [6.07, 6.45) is 9.48. The molecule has 1 heteroatoms. The highest BCUT2D eigenvalue weighted by molar-refractivity contribution is 6.17. The lowest BCUT2D eigenvalue weighted by Gasteiger charge is -1.95. The zero-order valence-electron chi connectivity index (χ0n) is 7.11. The van der Waals surface area contributed by atoms with Crippen molar-refractivity contribution in [1.29, 1.82) is 0 Å². The van der Waals surface area contributed by atoms with E-state index in [1.165, 1.54) is 32.1 Å². The number of unbranched alkanes of at least 4 members (excludes halogenated alkanes) is 5. The molecule has 11 heavy (non-hydrogen) atoms. The van der Waals surface area contributed by atoms with E-state index in [0.29, 0.717) is 0 Å². The summed E-state index contributed by atoms with van der Waals surface area (Å²) in [6, 6.07) is 0. The molecule has 0 rings (SSSR count). The lowest BCUT2D eigenvalue weighted by molar-refractivity contribution is 0.639. The van der Waals surface area contributed by atoms with Gasteiger partial charge in [0.15, 0.2) is 0 Å². The van der Waals surface area contributed by atoms with Gasteiger partial charge < -0.3 is 0 Å². The normalized spacial score (nSPS) is 9.18. The van der Waals surface area contributed by atoms with Crippen LogP contribution in [0, 0.1) is 0 Å². The fourth-order valence-electron chi connectivity index (χ4n) is 0.973. The molecule has 0 spiro atoms. The fraction of sp³-hybridized carbons (Fsp3) is 0.700. The molecule has 0 N–H and O–H groups in total. The molecule has 0 aliphatic rings. The van der Waals surface area contributed by atoms with Gasteiger partial charge in [0.05, 0.1) is 0 Å². The van der Waals surface area contributed by atoms with Crippen LogP contribution >= 0.6 is 11.6 Å². The molecule has 0 aliphatic carbocycles. The summed E-state index contributed by atoms with van der Waals surface area (Å²) in [5.41, 5.74) is 2.77. The van der Waals surface area contributed by atoms with Gasteiger partial charge in [0, 0.05) is 5.88 Å². The summed E-state index contributed by atoms with van der Waals surface area (Å²) >= 11 is 5.54. The first-order chi connectivity index (χ1) is 5.41. The van der Waals surface area contributed by atoms with E-state index in [0.717, 1.165) is 12.3 Å². The number of halogens is 1. The quantitative estimate of drug-likeness (QED) is 0.310. The second kappa shape index (κ2) is 9.81. The first-order valence-electron chi connectivity index (χ1n) is 4.32. The molecule has 0 aromatic rings. The van der Waals surface area contributed by atoms with Crippen LogP contribution in [0.25, 0.3) is 0 Å². The van der Waals surface area contributed by atoms with Crippen LogP contribution < -0.4 is 0 Å². The Labute approximate surface area is 74.9 Å². The lowest BCUT2D eigenvalue weighted by atomic mass is 10.1. The largest absolute Gasteiger partial charge is 0.133 e. The third-order valence-corrected chi connectivity index (χ3v) is 1.89. The van der Waals surface area contributed by atoms with Crippen molar-refractivity contribution in [2.75, 3.05) is 5.88 Å². The van der Waals surface area contributed by atoms with Crippen molar-refractivity contribution < 1.29 is 0 Å². The van der Waals surface area contributed by atoms with Crippen molar-refractivity contribution in [3.05, 3.63) is 18.4 Å². The van der Waals surface area contributed by atoms with Crippen LogP contribution in [0.3, 0.4) is 0 Å². The van der Waals surface area contributed by atoms with Gasteiger partial charge >= 0.3 is 0 Å². The molecule has 0 heterocycles. The van der Waals surface area contributed by atoms with E-state index in [1.54, 1.807) is 0 Å². The Morgan fingerprint density at radius 2 is 1.73 bits per heavy atom. The average Bonchev–Trinajstić information content (AvgIpc) is 2.03. The van der Waals surface area contributed by atoms with E-state index < -0.39 is 0 Å². The zero-order valence-corrected chi connectivity index (χ0v) is 7.87. The van der Waals surface area contributed by atoms with Crippen LogP contribution in [-0.2, 0) is 0 Å². The molecule has 0 nitrogen and oxygen atoms in total. The zero-order chi connectivity index (χ0) is 8.36. The van der Waals surface area contributed by atoms with E-state index in [2.05, 4.69) is 12.3 Å². The second-order valence-corrected chi connectivity index (χ2v) is 3.03. The fourth-order valence-corrected chi connectivity index (χ4v) is 1.16. The molecule has 0 bridgehead atoms. The second-order valence-electron chi connectivity index (χ2n) is 2.65. The highest BCUT2D eigenvalue weighted by Gasteiger charge is 1.87. The van der Waals surface area contributed by atoms with Crippen molar-refractivity contribution in [1.82, 2.24) is 0 Å². The number of rotatable bonds is 7. The maximum absolute atomic E-state index is 5.54. The van der Waals surface area contributed by atoms with Gasteiger partial charge in [-0.25, -0.2) is 0 Å². The van der Waals surface area contributed by atoms with E-state index in [1.807, 2.05) is 6.08 Å². The van der Waals surface area contributed by atoms with Gasteiger partial charge in [-0.2, -0.15) is 0 Å². The standard InChI is InChI=1S/C10H17Cl/c1-2-3-4-5-6-7-8-9-10-11/h3H,1,4-10H2. The van der Waals surface area contributed by atoms with Crippen LogP contribution in [0.1, 0.15) is 38.5 Å². The van der Waals surface area contributed by atoms with Gasteiger partial charge in [-0.15, -0.1) is 17.3 Å². The molecule has 0 atom stereocenters. The van der Waals surface area contributed by atoms with Gasteiger partial charge in [0.25, 0.3) is 0 Å². The molecular weight excluding hydrogens is 156 g/mol. The van der Waals surface area contributed by atoms with E-state index in [-0.39, 0.29) is 0 Å². The van der Waals surface area contributed by atoms with Crippen LogP contribution in [-0.4, -0.2) is 5.88 Å². The predicted molar refractivity (Wildman–Crippen MR) is 52.1 cm³/mol. The Kier molecular flexibility index (Phi) is 9.64. The first-order valence-corrected chi connectivity index (χ1v) is 4.85. The SMILES string of the molecule is C=C=CCCCCCCCCl. The monoisotopic (exact) mass is 172 g/mol.